The summed E-state index contributed by atoms with van der Waals surface area (Å²) in [7, 11) is -0.930. The van der Waals surface area contributed by atoms with Crippen molar-refractivity contribution in [1.29, 1.82) is 0 Å². The third-order valence-corrected chi connectivity index (χ3v) is 48.5. The number of hydrogen-bond donors (Lipinski definition) is 0. The van der Waals surface area contributed by atoms with Crippen LogP contribution >= 0.6 is 24.8 Å². The van der Waals surface area contributed by atoms with Crippen LogP contribution < -0.4 is 0 Å². The van der Waals surface area contributed by atoms with Gasteiger partial charge in [0.15, 0.2) is 0 Å². The number of allylic oxidation sites excluding steroid dienone is 8. The van der Waals surface area contributed by atoms with Crippen molar-refractivity contribution in [1.82, 2.24) is 0 Å². The molecule has 0 fully saturated rings. The van der Waals surface area contributed by atoms with E-state index < -0.39 is 29.6 Å². The van der Waals surface area contributed by atoms with E-state index in [9.17, 15) is 0 Å². The van der Waals surface area contributed by atoms with E-state index in [0.717, 1.165) is 0 Å². The molecule has 4 heteroatoms. The normalized spacial score (nSPS) is 17.4. The minimum Gasteiger partial charge on any atom is -0.147 e. The monoisotopic (exact) mass is 515 g/mol. The van der Waals surface area contributed by atoms with Crippen LogP contribution in [0.4, 0.5) is 0 Å². The van der Waals surface area contributed by atoms with Crippen molar-refractivity contribution in [3.63, 3.8) is 0 Å². The molecule has 0 aromatic carbocycles. The smallest absolute Gasteiger partial charge is 0.147 e. The molecule has 2 aliphatic carbocycles. The quantitative estimate of drug-likeness (QED) is 0.472. The van der Waals surface area contributed by atoms with Crippen molar-refractivity contribution >= 4 is 35.5 Å². The van der Waals surface area contributed by atoms with Crippen LogP contribution in [0.5, 0.6) is 0 Å². The van der Waals surface area contributed by atoms with Gasteiger partial charge in [0, 0.05) is 0 Å². The third-order valence-electron chi connectivity index (χ3n) is 3.56. The van der Waals surface area contributed by atoms with Gasteiger partial charge in [0.1, 0.15) is 0 Å². The molecule has 0 amide bonds. The number of rotatable bonds is 3. The van der Waals surface area contributed by atoms with E-state index in [1.165, 1.54) is 12.8 Å². The second-order valence-corrected chi connectivity index (χ2v) is 48.7. The fourth-order valence-electron chi connectivity index (χ4n) is 2.75. The van der Waals surface area contributed by atoms with Gasteiger partial charge < -0.3 is 0 Å². The zero-order valence-electron chi connectivity index (χ0n) is 11.6. The van der Waals surface area contributed by atoms with Crippen LogP contribution in [0.25, 0.3) is 0 Å². The fourth-order valence-corrected chi connectivity index (χ4v) is 51.0. The predicted molar refractivity (Wildman–Crippen MR) is 86.3 cm³/mol. The first kappa shape index (κ1) is 19.0. The average molecular weight is 513 g/mol. The van der Waals surface area contributed by atoms with Crippen molar-refractivity contribution in [2.45, 2.75) is 38.2 Å². The molecule has 0 heterocycles. The van der Waals surface area contributed by atoms with Crippen molar-refractivity contribution in [2.24, 2.45) is 0 Å². The van der Waals surface area contributed by atoms with Crippen LogP contribution in [0.3, 0.4) is 0 Å². The molecular formula is C14H23Cl2GeHf. The van der Waals surface area contributed by atoms with Crippen LogP contribution in [0.2, 0.25) is 11.5 Å². The maximum absolute atomic E-state index is 2.63. The van der Waals surface area contributed by atoms with Gasteiger partial charge in [-0.3, -0.25) is 0 Å². The van der Waals surface area contributed by atoms with Crippen LogP contribution in [0.1, 0.15) is 26.7 Å². The second-order valence-electron chi connectivity index (χ2n) is 5.10. The van der Waals surface area contributed by atoms with Gasteiger partial charge in [0.05, 0.1) is 0 Å². The van der Waals surface area contributed by atoms with E-state index in [1.54, 1.807) is 11.1 Å². The van der Waals surface area contributed by atoms with Gasteiger partial charge in [0.2, 0.25) is 0 Å². The van der Waals surface area contributed by atoms with Gasteiger partial charge >= 0.3 is 110 Å². The van der Waals surface area contributed by atoms with E-state index in [4.69, 9.17) is 0 Å². The molecule has 0 N–H and O–H groups in total. The Hall–Kier alpha value is 0.953. The summed E-state index contributed by atoms with van der Waals surface area (Å²) < 4.78 is 3.89. The van der Waals surface area contributed by atoms with Crippen LogP contribution in [-0.2, 0) is 19.0 Å². The molecule has 2 aliphatic rings. The summed E-state index contributed by atoms with van der Waals surface area (Å²) in [4.78, 5) is 0. The Kier molecular flexibility index (Phi) is 8.73. The maximum atomic E-state index is 2.63. The van der Waals surface area contributed by atoms with E-state index in [2.05, 4.69) is 49.7 Å². The topological polar surface area (TPSA) is 0 Å². The van der Waals surface area contributed by atoms with Crippen LogP contribution in [0, 0.1) is 0 Å². The van der Waals surface area contributed by atoms with Crippen molar-refractivity contribution in [3.8, 4) is 0 Å². The first-order valence-corrected chi connectivity index (χ1v) is 26.6. The minimum absolute atomic E-state index is 0. The molecule has 0 saturated carbocycles. The van der Waals surface area contributed by atoms with Gasteiger partial charge in [-0.1, -0.05) is 0 Å². The molecule has 0 atom stereocenters. The molecule has 18 heavy (non-hydrogen) atoms. The zero-order valence-corrected chi connectivity index (χ0v) is 19.3. The Morgan fingerprint density at radius 2 is 1.28 bits per heavy atom. The molecule has 0 aliphatic heterocycles. The average Bonchev–Trinajstić information content (AvgIpc) is 2.79. The Bertz CT molecular complexity index is 384. The van der Waals surface area contributed by atoms with Gasteiger partial charge in [0.25, 0.3) is 0 Å². The number of hydrogen-bond acceptors (Lipinski definition) is 0. The summed E-state index contributed by atoms with van der Waals surface area (Å²) >= 11 is -1.53. The molecule has 0 saturated heterocycles. The van der Waals surface area contributed by atoms with Crippen molar-refractivity contribution in [2.75, 3.05) is 0 Å². The Morgan fingerprint density at radius 3 is 1.50 bits per heavy atom. The standard InChI is InChI=1S/2C6H7.C2H7Ge.2ClH.Hf/c2*1-6-4-2-3-5-6;1-3-2;;;/h2*2,4H,3H2,1H3;3H,1-2H3;2*1H;. The number of halogens is 2. The van der Waals surface area contributed by atoms with E-state index in [1.807, 2.05) is 6.66 Å². The Morgan fingerprint density at radius 1 is 0.889 bits per heavy atom. The van der Waals surface area contributed by atoms with E-state index in [0.29, 0.717) is 0 Å². The van der Waals surface area contributed by atoms with E-state index >= 15 is 0 Å². The summed E-state index contributed by atoms with van der Waals surface area (Å²) in [6, 6.07) is 0. The Labute approximate surface area is 133 Å². The summed E-state index contributed by atoms with van der Waals surface area (Å²) in [5, 5.41) is 0. The molecule has 0 aromatic rings. The van der Waals surface area contributed by atoms with Gasteiger partial charge in [-0.25, -0.2) is 0 Å². The molecule has 101 valence electrons. The predicted octanol–water partition coefficient (Wildman–Crippen LogP) is 4.90. The van der Waals surface area contributed by atoms with Crippen LogP contribution in [0.15, 0.2) is 42.1 Å². The van der Waals surface area contributed by atoms with E-state index in [-0.39, 0.29) is 24.8 Å². The van der Waals surface area contributed by atoms with Crippen LogP contribution in [-0.4, -0.2) is 10.6 Å². The largest absolute Gasteiger partial charge is 0.147 e. The summed E-state index contributed by atoms with van der Waals surface area (Å²) in [5.41, 5.74) is 3.27. The van der Waals surface area contributed by atoms with Crippen molar-refractivity contribution < 1.29 is 19.0 Å². The molecule has 2 rings (SSSR count). The summed E-state index contributed by atoms with van der Waals surface area (Å²) in [6.45, 7) is 4.68. The van der Waals surface area contributed by atoms with Crippen molar-refractivity contribution in [3.05, 3.63) is 42.1 Å². The first-order valence-electron chi connectivity index (χ1n) is 6.21. The zero-order chi connectivity index (χ0) is 11.7. The molecular weight excluding hydrogens is 490 g/mol. The second kappa shape index (κ2) is 8.29. The minimum atomic E-state index is -1.53. The molecule has 0 nitrogen and oxygen atoms in total. The summed E-state index contributed by atoms with van der Waals surface area (Å²) in [5.74, 6) is 5.26. The molecule has 0 radical (unpaired) electrons. The van der Waals surface area contributed by atoms with Gasteiger partial charge in [-0.05, 0) is 0 Å². The molecule has 0 spiro atoms. The first-order chi connectivity index (χ1) is 7.61. The molecule has 0 unspecified atom stereocenters. The Balaban J connectivity index is 0.00000144. The maximum Gasteiger partial charge on any atom is -0.147 e. The molecule has 0 bridgehead atoms. The van der Waals surface area contributed by atoms with Gasteiger partial charge in [-0.15, -0.1) is 24.8 Å². The third kappa shape index (κ3) is 3.97. The SMILES string of the molecule is CC1=[C]([Hf]([C]2=C(C)C=CC2)[GeH]([CH3])[CH3])CC=C1.Cl.Cl. The fraction of sp³-hybridized carbons (Fsp3) is 0.429. The van der Waals surface area contributed by atoms with Gasteiger partial charge in [-0.2, -0.15) is 0 Å². The summed E-state index contributed by atoms with van der Waals surface area (Å²) in [6.07, 6.45) is 12.1. The molecule has 0 aromatic heterocycles.